The molecule has 2 amide bonds. The highest BCUT2D eigenvalue weighted by molar-refractivity contribution is 9.10. The van der Waals surface area contributed by atoms with Gasteiger partial charge >= 0.3 is 0 Å². The van der Waals surface area contributed by atoms with Crippen LogP contribution in [-0.2, 0) is 16.0 Å². The first-order valence-electron chi connectivity index (χ1n) is 11.2. The average molecular weight is 522 g/mol. The topological polar surface area (TPSA) is 58.6 Å². The number of carbonyl (C=O) groups excluding carboxylic acids is 2. The maximum atomic E-state index is 13.2. The van der Waals surface area contributed by atoms with Crippen LogP contribution in [0.4, 0.5) is 0 Å². The molecule has 1 N–H and O–H groups in total. The van der Waals surface area contributed by atoms with Gasteiger partial charge in [0.1, 0.15) is 11.8 Å². The van der Waals surface area contributed by atoms with Gasteiger partial charge in [0.2, 0.25) is 5.91 Å². The van der Waals surface area contributed by atoms with E-state index < -0.39 is 6.04 Å². The van der Waals surface area contributed by atoms with Crippen molar-refractivity contribution in [3.05, 3.63) is 63.6 Å². The zero-order valence-electron chi connectivity index (χ0n) is 18.4. The van der Waals surface area contributed by atoms with Gasteiger partial charge in [0.05, 0.1) is 4.47 Å². The zero-order valence-corrected chi connectivity index (χ0v) is 20.7. The third-order valence-corrected chi connectivity index (χ3v) is 6.67. The van der Waals surface area contributed by atoms with E-state index in [1.165, 1.54) is 0 Å². The summed E-state index contributed by atoms with van der Waals surface area (Å²) in [5, 5.41) is 3.74. The van der Waals surface area contributed by atoms with Crippen molar-refractivity contribution < 1.29 is 14.3 Å². The fraction of sp³-hybridized carbons (Fsp3) is 0.440. The van der Waals surface area contributed by atoms with Crippen molar-refractivity contribution >= 4 is 39.3 Å². The highest BCUT2D eigenvalue weighted by atomic mass is 79.9. The third-order valence-electron chi connectivity index (χ3n) is 5.82. The number of amides is 2. The Hall–Kier alpha value is -2.05. The number of rotatable bonds is 10. The van der Waals surface area contributed by atoms with Gasteiger partial charge < -0.3 is 15.0 Å². The van der Waals surface area contributed by atoms with E-state index >= 15 is 0 Å². The van der Waals surface area contributed by atoms with E-state index in [4.69, 9.17) is 16.3 Å². The quantitative estimate of drug-likeness (QED) is 0.456. The van der Waals surface area contributed by atoms with Gasteiger partial charge in [-0.1, -0.05) is 61.7 Å². The second-order valence-electron chi connectivity index (χ2n) is 8.10. The monoisotopic (exact) mass is 520 g/mol. The maximum Gasteiger partial charge on any atom is 0.261 e. The van der Waals surface area contributed by atoms with E-state index in [1.807, 2.05) is 37.3 Å². The van der Waals surface area contributed by atoms with Crippen LogP contribution in [0.1, 0.15) is 44.6 Å². The summed E-state index contributed by atoms with van der Waals surface area (Å²) in [5.74, 6) is 0.249. The highest BCUT2D eigenvalue weighted by Crippen LogP contribution is 2.28. The minimum Gasteiger partial charge on any atom is -0.483 e. The van der Waals surface area contributed by atoms with Crippen molar-refractivity contribution in [3.63, 3.8) is 0 Å². The molecule has 3 rings (SSSR count). The molecule has 0 saturated heterocycles. The zero-order chi connectivity index (χ0) is 22.9. The fourth-order valence-corrected chi connectivity index (χ4v) is 4.88. The summed E-state index contributed by atoms with van der Waals surface area (Å²) < 4.78 is 6.45. The summed E-state index contributed by atoms with van der Waals surface area (Å²) in [6, 6.07) is 14.8. The Bertz CT molecular complexity index is 903. The van der Waals surface area contributed by atoms with Crippen LogP contribution in [0.25, 0.3) is 0 Å². The van der Waals surface area contributed by atoms with E-state index in [2.05, 4.69) is 21.2 Å². The SMILES string of the molecule is CC[C@@H](C(=O)NC1CCCC1)N(CCc1ccccc1)C(=O)COc1ccc(Cl)cc1Br. The molecule has 1 aliphatic rings. The van der Waals surface area contributed by atoms with Crippen LogP contribution in [0.5, 0.6) is 5.75 Å². The molecule has 0 aromatic heterocycles. The van der Waals surface area contributed by atoms with Crippen LogP contribution >= 0.6 is 27.5 Å². The van der Waals surface area contributed by atoms with Crippen molar-refractivity contribution in [2.45, 2.75) is 57.5 Å². The van der Waals surface area contributed by atoms with Crippen LogP contribution in [0, 0.1) is 0 Å². The van der Waals surface area contributed by atoms with Gasteiger partial charge in [-0.2, -0.15) is 0 Å². The van der Waals surface area contributed by atoms with Crippen molar-refractivity contribution in [2.75, 3.05) is 13.2 Å². The normalized spacial score (nSPS) is 14.7. The predicted molar refractivity (Wildman–Crippen MR) is 131 cm³/mol. The van der Waals surface area contributed by atoms with E-state index in [0.717, 1.165) is 31.2 Å². The van der Waals surface area contributed by atoms with Crippen molar-refractivity contribution in [1.82, 2.24) is 10.2 Å². The molecule has 2 aromatic rings. The summed E-state index contributed by atoms with van der Waals surface area (Å²) in [6.45, 7) is 2.24. The molecule has 1 atom stereocenters. The van der Waals surface area contributed by atoms with E-state index in [1.54, 1.807) is 23.1 Å². The Balaban J connectivity index is 1.71. The molecule has 172 valence electrons. The molecule has 0 radical (unpaired) electrons. The van der Waals surface area contributed by atoms with Gasteiger partial charge in [0.15, 0.2) is 6.61 Å². The Labute approximate surface area is 203 Å². The molecule has 0 bridgehead atoms. The number of halogens is 2. The van der Waals surface area contributed by atoms with Crippen molar-refractivity contribution in [1.29, 1.82) is 0 Å². The molecule has 0 aliphatic heterocycles. The summed E-state index contributed by atoms with van der Waals surface area (Å²) >= 11 is 9.40. The molecule has 5 nitrogen and oxygen atoms in total. The number of nitrogens with zero attached hydrogens (tertiary/aromatic N) is 1. The van der Waals surface area contributed by atoms with Crippen molar-refractivity contribution in [2.24, 2.45) is 0 Å². The predicted octanol–water partition coefficient (Wildman–Crippen LogP) is 5.39. The molecule has 32 heavy (non-hydrogen) atoms. The molecule has 1 aliphatic carbocycles. The molecular weight excluding hydrogens is 492 g/mol. The minimum atomic E-state index is -0.524. The van der Waals surface area contributed by atoms with Crippen LogP contribution in [0.3, 0.4) is 0 Å². The molecule has 0 unspecified atom stereocenters. The summed E-state index contributed by atoms with van der Waals surface area (Å²) in [5.41, 5.74) is 1.12. The Morgan fingerprint density at radius 2 is 1.91 bits per heavy atom. The van der Waals surface area contributed by atoms with Crippen LogP contribution < -0.4 is 10.1 Å². The molecule has 2 aromatic carbocycles. The van der Waals surface area contributed by atoms with Crippen LogP contribution in [0.2, 0.25) is 5.02 Å². The van der Waals surface area contributed by atoms with Crippen LogP contribution in [-0.4, -0.2) is 41.9 Å². The Morgan fingerprint density at radius 3 is 2.56 bits per heavy atom. The number of carbonyl (C=O) groups is 2. The third kappa shape index (κ3) is 6.97. The first-order valence-corrected chi connectivity index (χ1v) is 12.4. The second-order valence-corrected chi connectivity index (χ2v) is 9.39. The van der Waals surface area contributed by atoms with E-state index in [-0.39, 0.29) is 24.5 Å². The minimum absolute atomic E-state index is 0.0755. The van der Waals surface area contributed by atoms with Gasteiger partial charge in [-0.05, 0) is 65.4 Å². The first-order chi connectivity index (χ1) is 15.5. The van der Waals surface area contributed by atoms with Crippen molar-refractivity contribution in [3.8, 4) is 5.75 Å². The van der Waals surface area contributed by atoms with E-state index in [9.17, 15) is 9.59 Å². The second kappa shape index (κ2) is 12.3. The lowest BCUT2D eigenvalue weighted by atomic mass is 10.1. The van der Waals surface area contributed by atoms with Gasteiger partial charge in [-0.25, -0.2) is 0 Å². The highest BCUT2D eigenvalue weighted by Gasteiger charge is 2.30. The molecular formula is C25H30BrClN2O3. The van der Waals surface area contributed by atoms with Gasteiger partial charge in [0, 0.05) is 17.6 Å². The number of ether oxygens (including phenoxy) is 1. The van der Waals surface area contributed by atoms with Crippen LogP contribution in [0.15, 0.2) is 53.0 Å². The Morgan fingerprint density at radius 1 is 1.19 bits per heavy atom. The fourth-order valence-electron chi connectivity index (χ4n) is 4.08. The summed E-state index contributed by atoms with van der Waals surface area (Å²) in [6.07, 6.45) is 5.51. The van der Waals surface area contributed by atoms with Gasteiger partial charge in [-0.15, -0.1) is 0 Å². The lowest BCUT2D eigenvalue weighted by molar-refractivity contribution is -0.142. The average Bonchev–Trinajstić information content (AvgIpc) is 3.29. The molecule has 1 saturated carbocycles. The van der Waals surface area contributed by atoms with E-state index in [0.29, 0.717) is 34.6 Å². The van der Waals surface area contributed by atoms with Gasteiger partial charge in [0.25, 0.3) is 5.91 Å². The number of nitrogens with one attached hydrogen (secondary N) is 1. The molecule has 0 heterocycles. The number of benzene rings is 2. The Kier molecular flexibility index (Phi) is 9.42. The summed E-state index contributed by atoms with van der Waals surface area (Å²) in [4.78, 5) is 28.0. The summed E-state index contributed by atoms with van der Waals surface area (Å²) in [7, 11) is 0. The molecule has 0 spiro atoms. The maximum absolute atomic E-state index is 13.2. The number of hydrogen-bond acceptors (Lipinski definition) is 3. The largest absolute Gasteiger partial charge is 0.483 e. The lowest BCUT2D eigenvalue weighted by Gasteiger charge is -2.31. The lowest BCUT2D eigenvalue weighted by Crippen LogP contribution is -2.52. The first kappa shape index (κ1) is 24.6. The molecule has 1 fully saturated rings. The molecule has 7 heteroatoms. The van der Waals surface area contributed by atoms with Gasteiger partial charge in [-0.3, -0.25) is 9.59 Å². The standard InChI is InChI=1S/C25H30BrClN2O3/c1-2-22(25(31)28-20-10-6-7-11-20)29(15-14-18-8-4-3-5-9-18)24(30)17-32-23-13-12-19(27)16-21(23)26/h3-5,8-9,12-13,16,20,22H,2,6-7,10-11,14-15,17H2,1H3,(H,28,31)/t22-/m0/s1. The smallest absolute Gasteiger partial charge is 0.261 e. The number of hydrogen-bond donors (Lipinski definition) is 1.